The third-order valence-electron chi connectivity index (χ3n) is 3.03. The smallest absolute Gasteiger partial charge is 0.409 e. The van der Waals surface area contributed by atoms with Crippen molar-refractivity contribution in [3.05, 3.63) is 21.4 Å². The number of ether oxygens (including phenoxy) is 1. The predicted molar refractivity (Wildman–Crippen MR) is 70.3 cm³/mol. The Labute approximate surface area is 111 Å². The SMILES string of the molecule is CCOC(=O)N1CCc2cc(C(C)=O)sc2CC1. The Hall–Kier alpha value is -1.36. The van der Waals surface area contributed by atoms with E-state index >= 15 is 0 Å². The van der Waals surface area contributed by atoms with E-state index < -0.39 is 0 Å². The van der Waals surface area contributed by atoms with Crippen molar-refractivity contribution >= 4 is 23.2 Å². The minimum atomic E-state index is -0.237. The molecule has 0 saturated carbocycles. The molecule has 1 aliphatic rings. The second-order valence-electron chi connectivity index (χ2n) is 4.30. The molecule has 0 aliphatic carbocycles. The number of ketones is 1. The molecule has 0 atom stereocenters. The van der Waals surface area contributed by atoms with E-state index in [1.807, 2.05) is 13.0 Å². The third kappa shape index (κ3) is 2.72. The predicted octanol–water partition coefficient (Wildman–Crippen LogP) is 2.51. The minimum Gasteiger partial charge on any atom is -0.450 e. The quantitative estimate of drug-likeness (QED) is 0.773. The lowest BCUT2D eigenvalue weighted by molar-refractivity contribution is 0.101. The molecule has 0 aromatic carbocycles. The molecule has 0 N–H and O–H groups in total. The van der Waals surface area contributed by atoms with Gasteiger partial charge in [-0.2, -0.15) is 0 Å². The normalized spacial score (nSPS) is 14.9. The van der Waals surface area contributed by atoms with Crippen LogP contribution in [0.2, 0.25) is 0 Å². The highest BCUT2D eigenvalue weighted by molar-refractivity contribution is 7.14. The average Bonchev–Trinajstić information content (AvgIpc) is 2.64. The maximum Gasteiger partial charge on any atom is 0.409 e. The first kappa shape index (κ1) is 13.1. The number of nitrogens with zero attached hydrogens (tertiary/aromatic N) is 1. The van der Waals surface area contributed by atoms with Crippen molar-refractivity contribution in [2.24, 2.45) is 0 Å². The van der Waals surface area contributed by atoms with Crippen molar-refractivity contribution in [1.82, 2.24) is 4.90 Å². The number of carbonyl (C=O) groups is 2. The molecule has 2 heterocycles. The molecule has 2 rings (SSSR count). The highest BCUT2D eigenvalue weighted by atomic mass is 32.1. The average molecular weight is 267 g/mol. The van der Waals surface area contributed by atoms with Crippen LogP contribution in [0, 0.1) is 0 Å². The number of thiophene rings is 1. The van der Waals surface area contributed by atoms with Crippen molar-refractivity contribution in [2.45, 2.75) is 26.7 Å². The van der Waals surface area contributed by atoms with Gasteiger partial charge < -0.3 is 9.64 Å². The maximum absolute atomic E-state index is 11.7. The molecule has 0 unspecified atom stereocenters. The first-order valence-corrected chi connectivity index (χ1v) is 6.97. The summed E-state index contributed by atoms with van der Waals surface area (Å²) in [5, 5.41) is 0. The Morgan fingerprint density at radius 2 is 2.11 bits per heavy atom. The highest BCUT2D eigenvalue weighted by Gasteiger charge is 2.21. The first-order valence-electron chi connectivity index (χ1n) is 6.16. The van der Waals surface area contributed by atoms with Gasteiger partial charge in [-0.25, -0.2) is 4.79 Å². The summed E-state index contributed by atoms with van der Waals surface area (Å²) in [6.07, 6.45) is 1.38. The van der Waals surface area contributed by atoms with Crippen molar-refractivity contribution in [3.8, 4) is 0 Å². The van der Waals surface area contributed by atoms with Gasteiger partial charge in [0.25, 0.3) is 0 Å². The standard InChI is InChI=1S/C13H17NO3S/c1-3-17-13(16)14-6-4-10-8-12(9(2)15)18-11(10)5-7-14/h8H,3-7H2,1-2H3. The zero-order valence-corrected chi connectivity index (χ0v) is 11.5. The monoisotopic (exact) mass is 267 g/mol. The number of fused-ring (bicyclic) bond motifs is 1. The van der Waals surface area contributed by atoms with E-state index in [2.05, 4.69) is 0 Å². The van der Waals surface area contributed by atoms with Crippen LogP contribution >= 0.6 is 11.3 Å². The van der Waals surface area contributed by atoms with Crippen LogP contribution in [0.1, 0.15) is 34.0 Å². The fourth-order valence-corrected chi connectivity index (χ4v) is 3.16. The Morgan fingerprint density at radius 1 is 1.39 bits per heavy atom. The molecule has 5 heteroatoms. The van der Waals surface area contributed by atoms with E-state index in [-0.39, 0.29) is 11.9 Å². The third-order valence-corrected chi connectivity index (χ3v) is 4.37. The molecule has 1 aromatic rings. The molecule has 0 spiro atoms. The summed E-state index contributed by atoms with van der Waals surface area (Å²) in [7, 11) is 0. The number of amides is 1. The van der Waals surface area contributed by atoms with Crippen molar-refractivity contribution in [1.29, 1.82) is 0 Å². The lowest BCUT2D eigenvalue weighted by atomic mass is 10.1. The first-order chi connectivity index (χ1) is 8.61. The summed E-state index contributed by atoms with van der Waals surface area (Å²) in [5.41, 5.74) is 1.21. The number of carbonyl (C=O) groups excluding carboxylic acids is 2. The summed E-state index contributed by atoms with van der Waals surface area (Å²) in [6.45, 7) is 5.15. The fourth-order valence-electron chi connectivity index (χ4n) is 2.06. The van der Waals surface area contributed by atoms with Crippen LogP contribution in [0.15, 0.2) is 6.07 Å². The number of hydrogen-bond donors (Lipinski definition) is 0. The fraction of sp³-hybridized carbons (Fsp3) is 0.538. The summed E-state index contributed by atoms with van der Waals surface area (Å²) < 4.78 is 5.01. The molecular formula is C13H17NO3S. The van der Waals surface area contributed by atoms with Crippen LogP contribution in [0.4, 0.5) is 4.79 Å². The minimum absolute atomic E-state index is 0.121. The molecule has 0 radical (unpaired) electrons. The van der Waals surface area contributed by atoms with E-state index in [9.17, 15) is 9.59 Å². The summed E-state index contributed by atoms with van der Waals surface area (Å²) in [5.74, 6) is 0.121. The lowest BCUT2D eigenvalue weighted by Gasteiger charge is -2.19. The molecule has 1 aromatic heterocycles. The van der Waals surface area contributed by atoms with Crippen molar-refractivity contribution in [3.63, 3.8) is 0 Å². The Morgan fingerprint density at radius 3 is 2.78 bits per heavy atom. The van der Waals surface area contributed by atoms with E-state index in [1.165, 1.54) is 10.4 Å². The summed E-state index contributed by atoms with van der Waals surface area (Å²) in [6, 6.07) is 1.97. The Kier molecular flexibility index (Phi) is 4.01. The van der Waals surface area contributed by atoms with Crippen LogP contribution in [0.25, 0.3) is 0 Å². The van der Waals surface area contributed by atoms with Crippen LogP contribution in [-0.4, -0.2) is 36.5 Å². The molecule has 4 nitrogen and oxygen atoms in total. The molecular weight excluding hydrogens is 250 g/mol. The van der Waals surface area contributed by atoms with Gasteiger partial charge in [-0.05, 0) is 38.3 Å². The van der Waals surface area contributed by atoms with Gasteiger partial charge in [0.05, 0.1) is 11.5 Å². The van der Waals surface area contributed by atoms with Crippen molar-refractivity contribution in [2.75, 3.05) is 19.7 Å². The molecule has 98 valence electrons. The molecule has 18 heavy (non-hydrogen) atoms. The van der Waals surface area contributed by atoms with Gasteiger partial charge in [0.15, 0.2) is 5.78 Å². The van der Waals surface area contributed by atoms with Crippen LogP contribution in [-0.2, 0) is 17.6 Å². The molecule has 1 aliphatic heterocycles. The van der Waals surface area contributed by atoms with E-state index in [4.69, 9.17) is 4.74 Å². The summed E-state index contributed by atoms with van der Waals surface area (Å²) in [4.78, 5) is 26.8. The molecule has 1 amide bonds. The zero-order chi connectivity index (χ0) is 13.1. The number of rotatable bonds is 2. The van der Waals surface area contributed by atoms with Crippen LogP contribution in [0.3, 0.4) is 0 Å². The second-order valence-corrected chi connectivity index (χ2v) is 5.44. The second kappa shape index (κ2) is 5.52. The largest absolute Gasteiger partial charge is 0.450 e. The van der Waals surface area contributed by atoms with Gasteiger partial charge in [-0.15, -0.1) is 11.3 Å². The van der Waals surface area contributed by atoms with E-state index in [0.717, 1.165) is 17.7 Å². The zero-order valence-electron chi connectivity index (χ0n) is 10.7. The van der Waals surface area contributed by atoms with Crippen LogP contribution < -0.4 is 0 Å². The van der Waals surface area contributed by atoms with E-state index in [1.54, 1.807) is 23.2 Å². The van der Waals surface area contributed by atoms with Crippen LogP contribution in [0.5, 0.6) is 0 Å². The molecule has 0 saturated heterocycles. The maximum atomic E-state index is 11.7. The lowest BCUT2D eigenvalue weighted by Crippen LogP contribution is -2.33. The summed E-state index contributed by atoms with van der Waals surface area (Å²) >= 11 is 1.56. The van der Waals surface area contributed by atoms with E-state index in [0.29, 0.717) is 19.7 Å². The van der Waals surface area contributed by atoms with Crippen molar-refractivity contribution < 1.29 is 14.3 Å². The molecule has 0 bridgehead atoms. The van der Waals surface area contributed by atoms with Gasteiger partial charge in [0, 0.05) is 18.0 Å². The van der Waals surface area contributed by atoms with Gasteiger partial charge in [0.2, 0.25) is 0 Å². The van der Waals surface area contributed by atoms with Gasteiger partial charge in [0.1, 0.15) is 0 Å². The molecule has 0 fully saturated rings. The number of hydrogen-bond acceptors (Lipinski definition) is 4. The van der Waals surface area contributed by atoms with Gasteiger partial charge in [-0.3, -0.25) is 4.79 Å². The topological polar surface area (TPSA) is 46.6 Å². The van der Waals surface area contributed by atoms with Gasteiger partial charge >= 0.3 is 6.09 Å². The Balaban J connectivity index is 2.07. The van der Waals surface area contributed by atoms with Gasteiger partial charge in [-0.1, -0.05) is 0 Å². The highest BCUT2D eigenvalue weighted by Crippen LogP contribution is 2.26. The Bertz CT molecular complexity index is 441. The number of Topliss-reactive ketones (excluding diaryl/α,β-unsaturated/α-hetero) is 1.